The summed E-state index contributed by atoms with van der Waals surface area (Å²) >= 11 is 0. The molecule has 2 aromatic rings. The van der Waals surface area contributed by atoms with Crippen LogP contribution < -0.4 is 9.46 Å². The van der Waals surface area contributed by atoms with Gasteiger partial charge in [0.15, 0.2) is 21.4 Å². The molecule has 1 aliphatic carbocycles. The van der Waals surface area contributed by atoms with Crippen LogP contribution in [0.15, 0.2) is 41.3 Å². The lowest BCUT2D eigenvalue weighted by Gasteiger charge is -2.54. The molecule has 3 aliphatic rings. The van der Waals surface area contributed by atoms with Crippen molar-refractivity contribution in [3.63, 3.8) is 0 Å². The summed E-state index contributed by atoms with van der Waals surface area (Å²) in [5.74, 6) is -4.30. The van der Waals surface area contributed by atoms with E-state index in [1.165, 1.54) is 7.11 Å². The molecule has 2 aliphatic heterocycles. The number of sulfone groups is 1. The lowest BCUT2D eigenvalue weighted by Crippen LogP contribution is -2.64. The molecule has 2 aromatic carbocycles. The largest absolute Gasteiger partial charge is 0.490 e. The van der Waals surface area contributed by atoms with Crippen molar-refractivity contribution in [3.05, 3.63) is 59.2 Å². The van der Waals surface area contributed by atoms with E-state index in [-0.39, 0.29) is 32.5 Å². The molecule has 0 aromatic heterocycles. The van der Waals surface area contributed by atoms with Crippen molar-refractivity contribution in [2.75, 3.05) is 20.3 Å². The first-order chi connectivity index (χ1) is 17.7. The molecule has 5 atom stereocenters. The van der Waals surface area contributed by atoms with Gasteiger partial charge < -0.3 is 9.47 Å². The first-order valence-electron chi connectivity index (χ1n) is 11.8. The minimum absolute atomic E-state index is 0.0293. The average Bonchev–Trinajstić information content (AvgIpc) is 2.85. The van der Waals surface area contributed by atoms with Gasteiger partial charge in [-0.2, -0.15) is 13.2 Å². The molecule has 0 amide bonds. The number of nitrogens with one attached hydrogen (secondary N) is 1. The van der Waals surface area contributed by atoms with Crippen molar-refractivity contribution < 1.29 is 48.3 Å². The van der Waals surface area contributed by atoms with Crippen LogP contribution in [0, 0.1) is 23.5 Å². The zero-order valence-electron chi connectivity index (χ0n) is 20.0. The molecular weight excluding hydrogens is 557 g/mol. The molecule has 2 heterocycles. The van der Waals surface area contributed by atoms with Crippen LogP contribution in [0.25, 0.3) is 0 Å². The third kappa shape index (κ3) is 4.02. The molecule has 38 heavy (non-hydrogen) atoms. The molecular formula is C24H24F5NO6S2. The molecule has 1 N–H and O–H groups in total. The Labute approximate surface area is 216 Å². The van der Waals surface area contributed by atoms with Crippen molar-refractivity contribution in [3.8, 4) is 5.75 Å². The van der Waals surface area contributed by atoms with Crippen molar-refractivity contribution in [1.82, 2.24) is 4.72 Å². The van der Waals surface area contributed by atoms with E-state index >= 15 is 4.39 Å². The minimum Gasteiger partial charge on any atom is -0.490 e. The summed E-state index contributed by atoms with van der Waals surface area (Å²) in [5, 5.41) is -1.03. The van der Waals surface area contributed by atoms with E-state index < -0.39 is 87.3 Å². The number of rotatable bonds is 4. The van der Waals surface area contributed by atoms with E-state index in [0.29, 0.717) is 12.1 Å². The molecule has 5 rings (SSSR count). The molecule has 7 nitrogen and oxygen atoms in total. The topological polar surface area (TPSA) is 98.8 Å². The predicted octanol–water partition coefficient (Wildman–Crippen LogP) is 3.78. The zero-order chi connectivity index (χ0) is 27.7. The summed E-state index contributed by atoms with van der Waals surface area (Å²) in [7, 11) is -7.15. The first kappa shape index (κ1) is 27.3. The molecule has 0 unspecified atom stereocenters. The highest BCUT2D eigenvalue weighted by atomic mass is 32.2. The van der Waals surface area contributed by atoms with Gasteiger partial charge in [-0.1, -0.05) is 0 Å². The number of sulfonamides is 1. The Hall–Kier alpha value is -2.29. The standard InChI is InChI=1S/C24H24F5NO6S2/c1-35-11-15-10-16-17-12-36-22-19(26)7-6-18(25)21(22)23(17,9-8-20(16)30-38(15,33)34)37(31,32)14-4-2-13(3-5-14)24(27,28)29/h2-7,15-17,20,30H,8-12H2,1H3/t15-,16-,17-,20+,23-/m0/s1. The SMILES string of the molecule is COC[C@@H]1C[C@@H]2[C@@H](CC[C@@]3(S(=O)(=O)c4ccc(C(F)(F)F)cc4)c4c(F)ccc(F)c4OC[C@@H]23)NS1(=O)=O. The number of hydrogen-bond acceptors (Lipinski definition) is 6. The number of alkyl halides is 3. The summed E-state index contributed by atoms with van der Waals surface area (Å²) in [6.45, 7) is -0.541. The van der Waals surface area contributed by atoms with Crippen molar-refractivity contribution in [1.29, 1.82) is 0 Å². The second-order valence-electron chi connectivity index (χ2n) is 9.85. The number of halogens is 5. The molecule has 0 radical (unpaired) electrons. The van der Waals surface area contributed by atoms with E-state index in [4.69, 9.17) is 9.47 Å². The Morgan fingerprint density at radius 3 is 2.39 bits per heavy atom. The number of hydrogen-bond donors (Lipinski definition) is 1. The highest BCUT2D eigenvalue weighted by Gasteiger charge is 2.64. The molecule has 208 valence electrons. The summed E-state index contributed by atoms with van der Waals surface area (Å²) in [4.78, 5) is -0.490. The second kappa shape index (κ2) is 9.14. The Morgan fingerprint density at radius 1 is 1.11 bits per heavy atom. The van der Waals surface area contributed by atoms with E-state index in [1.54, 1.807) is 0 Å². The van der Waals surface area contributed by atoms with Gasteiger partial charge in [-0.3, -0.25) is 0 Å². The summed E-state index contributed by atoms with van der Waals surface area (Å²) in [6, 6.07) is 3.75. The maximum Gasteiger partial charge on any atom is 0.416 e. The third-order valence-electron chi connectivity index (χ3n) is 7.96. The molecule has 1 saturated heterocycles. The fourth-order valence-corrected chi connectivity index (χ4v) is 10.4. The maximum atomic E-state index is 15.5. The quantitative estimate of drug-likeness (QED) is 0.552. The van der Waals surface area contributed by atoms with Crippen LogP contribution in [-0.4, -0.2) is 48.5 Å². The lowest BCUT2D eigenvalue weighted by molar-refractivity contribution is -0.137. The van der Waals surface area contributed by atoms with Gasteiger partial charge in [-0.05, 0) is 61.6 Å². The van der Waals surface area contributed by atoms with Crippen LogP contribution in [-0.2, 0) is 35.5 Å². The van der Waals surface area contributed by atoms with Gasteiger partial charge in [0.05, 0.1) is 34.5 Å². The van der Waals surface area contributed by atoms with Gasteiger partial charge >= 0.3 is 6.18 Å². The highest BCUT2D eigenvalue weighted by molar-refractivity contribution is 7.92. The van der Waals surface area contributed by atoms with Crippen LogP contribution in [0.4, 0.5) is 22.0 Å². The highest BCUT2D eigenvalue weighted by Crippen LogP contribution is 2.59. The summed E-state index contributed by atoms with van der Waals surface area (Å²) < 4.78 is 135. The monoisotopic (exact) mass is 581 g/mol. The van der Waals surface area contributed by atoms with E-state index in [2.05, 4.69) is 4.72 Å². The third-order valence-corrected chi connectivity index (χ3v) is 12.4. The number of ether oxygens (including phenoxy) is 2. The number of benzene rings is 2. The van der Waals surface area contributed by atoms with Gasteiger partial charge in [0.25, 0.3) is 0 Å². The van der Waals surface area contributed by atoms with Crippen LogP contribution in [0.5, 0.6) is 5.75 Å². The Bertz CT molecular complexity index is 1460. The van der Waals surface area contributed by atoms with Gasteiger partial charge in [0.2, 0.25) is 10.0 Å². The molecule has 0 spiro atoms. The zero-order valence-corrected chi connectivity index (χ0v) is 21.6. The minimum atomic E-state index is -4.71. The molecule has 1 saturated carbocycles. The smallest absolute Gasteiger partial charge is 0.416 e. The molecule has 2 fully saturated rings. The number of fused-ring (bicyclic) bond motifs is 5. The second-order valence-corrected chi connectivity index (χ2v) is 14.0. The van der Waals surface area contributed by atoms with Gasteiger partial charge in [0.1, 0.15) is 10.6 Å². The van der Waals surface area contributed by atoms with E-state index in [1.807, 2.05) is 0 Å². The van der Waals surface area contributed by atoms with E-state index in [9.17, 15) is 34.4 Å². The van der Waals surface area contributed by atoms with Crippen LogP contribution in [0.2, 0.25) is 0 Å². The maximum absolute atomic E-state index is 15.5. The van der Waals surface area contributed by atoms with Gasteiger partial charge in [0, 0.05) is 19.1 Å². The van der Waals surface area contributed by atoms with Crippen LogP contribution >= 0.6 is 0 Å². The molecule has 14 heteroatoms. The Kier molecular flexibility index (Phi) is 6.56. The number of methoxy groups -OCH3 is 1. The van der Waals surface area contributed by atoms with Crippen LogP contribution in [0.3, 0.4) is 0 Å². The van der Waals surface area contributed by atoms with E-state index in [0.717, 1.165) is 24.3 Å². The van der Waals surface area contributed by atoms with Crippen molar-refractivity contribution >= 4 is 19.9 Å². The Balaban J connectivity index is 1.71. The fourth-order valence-electron chi connectivity index (χ4n) is 6.26. The summed E-state index contributed by atoms with van der Waals surface area (Å²) in [6.07, 6.45) is -5.08. The van der Waals surface area contributed by atoms with Crippen molar-refractivity contribution in [2.24, 2.45) is 11.8 Å². The molecule has 0 bridgehead atoms. The fraction of sp³-hybridized carbons (Fsp3) is 0.500. The van der Waals surface area contributed by atoms with Gasteiger partial charge in [-0.15, -0.1) is 0 Å². The summed E-state index contributed by atoms with van der Waals surface area (Å²) in [5.41, 5.74) is -1.59. The van der Waals surface area contributed by atoms with Crippen molar-refractivity contribution in [2.45, 2.75) is 46.4 Å². The Morgan fingerprint density at radius 2 is 1.76 bits per heavy atom. The first-order valence-corrected chi connectivity index (χ1v) is 14.8. The van der Waals surface area contributed by atoms with Gasteiger partial charge in [-0.25, -0.2) is 30.3 Å². The average molecular weight is 582 g/mol. The lowest BCUT2D eigenvalue weighted by atomic mass is 9.64. The predicted molar refractivity (Wildman–Crippen MR) is 124 cm³/mol. The van der Waals surface area contributed by atoms with Crippen LogP contribution in [0.1, 0.15) is 30.4 Å². The normalized spacial score (nSPS) is 30.5.